The Morgan fingerprint density at radius 2 is 1.95 bits per heavy atom. The molecule has 4 nitrogen and oxygen atoms in total. The molecule has 1 aromatic carbocycles. The van der Waals surface area contributed by atoms with Gasteiger partial charge in [-0.15, -0.1) is 0 Å². The average Bonchev–Trinajstić information content (AvgIpc) is 2.50. The maximum atomic E-state index is 12.1. The predicted octanol–water partition coefficient (Wildman–Crippen LogP) is 3.51. The molecule has 0 bridgehead atoms. The van der Waals surface area contributed by atoms with Gasteiger partial charge in [-0.3, -0.25) is 9.78 Å². The van der Waals surface area contributed by atoms with Crippen LogP contribution in [0.4, 0.5) is 5.69 Å². The minimum Gasteiger partial charge on any atom is -0.491 e. The van der Waals surface area contributed by atoms with Crippen molar-refractivity contribution < 1.29 is 9.53 Å². The molecule has 1 heterocycles. The second-order valence-electron chi connectivity index (χ2n) is 4.39. The first-order valence-corrected chi connectivity index (χ1v) is 6.74. The van der Waals surface area contributed by atoms with Crippen molar-refractivity contribution in [3.8, 4) is 5.75 Å². The molecule has 1 N–H and O–H groups in total. The van der Waals surface area contributed by atoms with Gasteiger partial charge in [0.25, 0.3) is 5.91 Å². The average molecular weight is 270 g/mol. The quantitative estimate of drug-likeness (QED) is 0.817. The van der Waals surface area contributed by atoms with Crippen molar-refractivity contribution >= 4 is 11.6 Å². The Balaban J connectivity index is 2.07. The molecule has 0 aliphatic rings. The van der Waals surface area contributed by atoms with Crippen LogP contribution in [-0.4, -0.2) is 17.5 Å². The topological polar surface area (TPSA) is 51.2 Å². The van der Waals surface area contributed by atoms with Gasteiger partial charge < -0.3 is 10.1 Å². The fourth-order valence-electron chi connectivity index (χ4n) is 1.72. The largest absolute Gasteiger partial charge is 0.491 e. The van der Waals surface area contributed by atoms with Crippen LogP contribution in [0, 0.1) is 0 Å². The number of unbranched alkanes of at least 4 members (excludes halogenated alkanes) is 1. The molecule has 0 atom stereocenters. The zero-order valence-corrected chi connectivity index (χ0v) is 11.5. The first kappa shape index (κ1) is 14.1. The van der Waals surface area contributed by atoms with Crippen molar-refractivity contribution in [3.63, 3.8) is 0 Å². The summed E-state index contributed by atoms with van der Waals surface area (Å²) >= 11 is 0. The van der Waals surface area contributed by atoms with E-state index in [9.17, 15) is 4.79 Å². The van der Waals surface area contributed by atoms with Crippen molar-refractivity contribution in [1.82, 2.24) is 4.98 Å². The molecule has 0 aliphatic heterocycles. The lowest BCUT2D eigenvalue weighted by molar-refractivity contribution is 0.102. The lowest BCUT2D eigenvalue weighted by Gasteiger charge is -2.12. The van der Waals surface area contributed by atoms with Crippen LogP contribution < -0.4 is 10.1 Å². The van der Waals surface area contributed by atoms with Crippen molar-refractivity contribution in [1.29, 1.82) is 0 Å². The summed E-state index contributed by atoms with van der Waals surface area (Å²) in [6.45, 7) is 2.76. The van der Waals surface area contributed by atoms with Gasteiger partial charge in [-0.2, -0.15) is 0 Å². The number of amides is 1. The molecule has 0 saturated heterocycles. The van der Waals surface area contributed by atoms with E-state index in [1.165, 1.54) is 0 Å². The summed E-state index contributed by atoms with van der Waals surface area (Å²) in [7, 11) is 0. The number of rotatable bonds is 6. The van der Waals surface area contributed by atoms with E-state index in [4.69, 9.17) is 4.74 Å². The van der Waals surface area contributed by atoms with Gasteiger partial charge in [0.15, 0.2) is 0 Å². The van der Waals surface area contributed by atoms with E-state index in [0.717, 1.165) is 12.8 Å². The third-order valence-corrected chi connectivity index (χ3v) is 2.83. The molecule has 104 valence electrons. The van der Waals surface area contributed by atoms with E-state index in [1.54, 1.807) is 24.5 Å². The molecule has 2 aromatic rings. The summed E-state index contributed by atoms with van der Waals surface area (Å²) < 4.78 is 5.69. The van der Waals surface area contributed by atoms with E-state index in [2.05, 4.69) is 17.2 Å². The van der Waals surface area contributed by atoms with Crippen LogP contribution in [0.15, 0.2) is 48.8 Å². The summed E-state index contributed by atoms with van der Waals surface area (Å²) in [6, 6.07) is 10.8. The normalized spacial score (nSPS) is 10.1. The SMILES string of the molecule is CCCCOc1ccccc1NC(=O)c1ccncc1. The van der Waals surface area contributed by atoms with Crippen LogP contribution >= 0.6 is 0 Å². The fraction of sp³-hybridized carbons (Fsp3) is 0.250. The Hall–Kier alpha value is -2.36. The van der Waals surface area contributed by atoms with Crippen molar-refractivity contribution in [2.45, 2.75) is 19.8 Å². The van der Waals surface area contributed by atoms with Crippen LogP contribution in [0.5, 0.6) is 5.75 Å². The number of hydrogen-bond donors (Lipinski definition) is 1. The van der Waals surface area contributed by atoms with Gasteiger partial charge >= 0.3 is 0 Å². The van der Waals surface area contributed by atoms with Gasteiger partial charge in [-0.05, 0) is 30.7 Å². The Morgan fingerprint density at radius 1 is 1.20 bits per heavy atom. The molecule has 1 amide bonds. The third kappa shape index (κ3) is 3.82. The number of aromatic nitrogens is 1. The van der Waals surface area contributed by atoms with Crippen molar-refractivity contribution in [3.05, 3.63) is 54.4 Å². The lowest BCUT2D eigenvalue weighted by atomic mass is 10.2. The Kier molecular flexibility index (Phi) is 5.12. The van der Waals surface area contributed by atoms with E-state index < -0.39 is 0 Å². The molecule has 0 saturated carbocycles. The second kappa shape index (κ2) is 7.28. The molecule has 4 heteroatoms. The van der Waals surface area contributed by atoms with Gasteiger partial charge in [-0.1, -0.05) is 25.5 Å². The van der Waals surface area contributed by atoms with E-state index in [0.29, 0.717) is 23.6 Å². The first-order valence-electron chi connectivity index (χ1n) is 6.74. The maximum absolute atomic E-state index is 12.1. The number of ether oxygens (including phenoxy) is 1. The highest BCUT2D eigenvalue weighted by Gasteiger charge is 2.09. The number of carbonyl (C=O) groups excluding carboxylic acids is 1. The molecule has 2 rings (SSSR count). The van der Waals surface area contributed by atoms with Crippen molar-refractivity contribution in [2.75, 3.05) is 11.9 Å². The summed E-state index contributed by atoms with van der Waals surface area (Å²) in [5, 5.41) is 2.86. The van der Waals surface area contributed by atoms with Crippen LogP contribution in [0.25, 0.3) is 0 Å². The van der Waals surface area contributed by atoms with E-state index in [1.807, 2.05) is 24.3 Å². The number of hydrogen-bond acceptors (Lipinski definition) is 3. The van der Waals surface area contributed by atoms with Gasteiger partial charge in [0.1, 0.15) is 5.75 Å². The zero-order chi connectivity index (χ0) is 14.2. The summed E-state index contributed by atoms with van der Waals surface area (Å²) in [5.41, 5.74) is 1.26. The number of pyridine rings is 1. The standard InChI is InChI=1S/C16H18N2O2/c1-2-3-12-20-15-7-5-4-6-14(15)18-16(19)13-8-10-17-11-9-13/h4-11H,2-3,12H2,1H3,(H,18,19). The molecule has 0 spiro atoms. The molecular formula is C16H18N2O2. The van der Waals surface area contributed by atoms with E-state index >= 15 is 0 Å². The summed E-state index contributed by atoms with van der Waals surface area (Å²) in [5.74, 6) is 0.530. The third-order valence-electron chi connectivity index (χ3n) is 2.83. The van der Waals surface area contributed by atoms with Crippen molar-refractivity contribution in [2.24, 2.45) is 0 Å². The minimum atomic E-state index is -0.168. The van der Waals surface area contributed by atoms with Crippen LogP contribution in [0.2, 0.25) is 0 Å². The van der Waals surface area contributed by atoms with Gasteiger partial charge in [0.05, 0.1) is 12.3 Å². The molecule has 0 unspecified atom stereocenters. The number of carbonyl (C=O) groups is 1. The fourth-order valence-corrected chi connectivity index (χ4v) is 1.72. The molecular weight excluding hydrogens is 252 g/mol. The molecule has 1 aromatic heterocycles. The number of anilines is 1. The maximum Gasteiger partial charge on any atom is 0.255 e. The lowest BCUT2D eigenvalue weighted by Crippen LogP contribution is -2.13. The van der Waals surface area contributed by atoms with Gasteiger partial charge in [0, 0.05) is 18.0 Å². The smallest absolute Gasteiger partial charge is 0.255 e. The van der Waals surface area contributed by atoms with Crippen LogP contribution in [-0.2, 0) is 0 Å². The number of nitrogens with zero attached hydrogens (tertiary/aromatic N) is 1. The Labute approximate surface area is 118 Å². The molecule has 0 aliphatic carbocycles. The molecule has 0 fully saturated rings. The molecule has 0 radical (unpaired) electrons. The number of para-hydroxylation sites is 2. The Bertz CT molecular complexity index is 555. The number of benzene rings is 1. The van der Waals surface area contributed by atoms with Gasteiger partial charge in [0.2, 0.25) is 0 Å². The monoisotopic (exact) mass is 270 g/mol. The highest BCUT2D eigenvalue weighted by molar-refractivity contribution is 6.04. The Morgan fingerprint density at radius 3 is 2.70 bits per heavy atom. The minimum absolute atomic E-state index is 0.168. The predicted molar refractivity (Wildman–Crippen MR) is 79.0 cm³/mol. The highest BCUT2D eigenvalue weighted by atomic mass is 16.5. The summed E-state index contributed by atoms with van der Waals surface area (Å²) in [6.07, 6.45) is 5.26. The van der Waals surface area contributed by atoms with E-state index in [-0.39, 0.29) is 5.91 Å². The van der Waals surface area contributed by atoms with Crippen LogP contribution in [0.1, 0.15) is 30.1 Å². The van der Waals surface area contributed by atoms with Gasteiger partial charge in [-0.25, -0.2) is 0 Å². The zero-order valence-electron chi connectivity index (χ0n) is 11.5. The van der Waals surface area contributed by atoms with Crippen LogP contribution in [0.3, 0.4) is 0 Å². The highest BCUT2D eigenvalue weighted by Crippen LogP contribution is 2.24. The number of nitrogens with one attached hydrogen (secondary N) is 1. The summed E-state index contributed by atoms with van der Waals surface area (Å²) in [4.78, 5) is 16.0. The second-order valence-corrected chi connectivity index (χ2v) is 4.39. The molecule has 20 heavy (non-hydrogen) atoms. The first-order chi connectivity index (χ1) is 9.81.